The normalized spacial score (nSPS) is 17.0. The second kappa shape index (κ2) is 8.55. The van der Waals surface area contributed by atoms with Crippen LogP contribution in [0.4, 0.5) is 5.69 Å². The van der Waals surface area contributed by atoms with Gasteiger partial charge >= 0.3 is 5.97 Å². The number of carboxylic acid groups (broad SMARTS) is 1. The fraction of sp³-hybridized carbons (Fsp3) is 0.571. The molecule has 2 N–H and O–H groups in total. The van der Waals surface area contributed by atoms with Gasteiger partial charge in [-0.25, -0.2) is 0 Å². The number of hydrogen-bond donors (Lipinski definition) is 2. The Labute approximate surface area is 160 Å². The zero-order valence-electron chi connectivity index (χ0n) is 16.7. The van der Waals surface area contributed by atoms with Gasteiger partial charge in [-0.3, -0.25) is 14.4 Å². The second-order valence-electron chi connectivity index (χ2n) is 8.01. The van der Waals surface area contributed by atoms with E-state index in [9.17, 15) is 19.5 Å². The highest BCUT2D eigenvalue weighted by atomic mass is 16.4. The van der Waals surface area contributed by atoms with Gasteiger partial charge in [-0.1, -0.05) is 19.3 Å². The molecule has 0 heterocycles. The maximum atomic E-state index is 13.1. The van der Waals surface area contributed by atoms with Crippen LogP contribution < -0.4 is 5.32 Å². The number of aryl methyl sites for hydroxylation is 1. The van der Waals surface area contributed by atoms with Gasteiger partial charge in [0, 0.05) is 25.3 Å². The lowest BCUT2D eigenvalue weighted by molar-refractivity contribution is -0.145. The average molecular weight is 374 g/mol. The van der Waals surface area contributed by atoms with Gasteiger partial charge in [0.2, 0.25) is 5.91 Å². The first-order chi connectivity index (χ1) is 12.6. The molecule has 0 radical (unpaired) electrons. The van der Waals surface area contributed by atoms with Crippen LogP contribution in [0.15, 0.2) is 18.2 Å². The van der Waals surface area contributed by atoms with E-state index in [1.807, 2.05) is 6.92 Å². The predicted octanol–water partition coefficient (Wildman–Crippen LogP) is 3.70. The summed E-state index contributed by atoms with van der Waals surface area (Å²) in [4.78, 5) is 38.2. The lowest BCUT2D eigenvalue weighted by Gasteiger charge is -2.37. The van der Waals surface area contributed by atoms with Crippen molar-refractivity contribution in [2.45, 2.75) is 52.4 Å². The Morgan fingerprint density at radius 3 is 2.33 bits per heavy atom. The van der Waals surface area contributed by atoms with Crippen molar-refractivity contribution in [3.63, 3.8) is 0 Å². The summed E-state index contributed by atoms with van der Waals surface area (Å²) in [6, 6.07) is 5.16. The fourth-order valence-electron chi connectivity index (χ4n) is 3.96. The van der Waals surface area contributed by atoms with E-state index in [-0.39, 0.29) is 24.2 Å². The van der Waals surface area contributed by atoms with Crippen molar-refractivity contribution in [1.82, 2.24) is 4.90 Å². The highest BCUT2D eigenvalue weighted by Gasteiger charge is 2.43. The summed E-state index contributed by atoms with van der Waals surface area (Å²) in [5.74, 6) is -1.24. The van der Waals surface area contributed by atoms with Crippen molar-refractivity contribution in [3.8, 4) is 0 Å². The highest BCUT2D eigenvalue weighted by molar-refractivity contribution is 5.99. The molecule has 0 saturated heterocycles. The number of anilines is 1. The molecular weight excluding hydrogens is 344 g/mol. The molecule has 27 heavy (non-hydrogen) atoms. The topological polar surface area (TPSA) is 86.7 Å². The van der Waals surface area contributed by atoms with E-state index in [1.54, 1.807) is 39.2 Å². The molecule has 2 amide bonds. The van der Waals surface area contributed by atoms with Crippen LogP contribution in [0.25, 0.3) is 0 Å². The third kappa shape index (κ3) is 4.87. The highest BCUT2D eigenvalue weighted by Crippen LogP contribution is 2.42. The lowest BCUT2D eigenvalue weighted by Crippen LogP contribution is -2.42. The number of amides is 2. The molecule has 0 aromatic heterocycles. The molecule has 0 aliphatic heterocycles. The minimum atomic E-state index is -0.957. The van der Waals surface area contributed by atoms with Crippen molar-refractivity contribution < 1.29 is 19.5 Å². The van der Waals surface area contributed by atoms with Gasteiger partial charge in [0.05, 0.1) is 11.8 Å². The molecule has 1 aliphatic carbocycles. The Balaban J connectivity index is 2.22. The van der Waals surface area contributed by atoms with Crippen LogP contribution in [0.2, 0.25) is 0 Å². The third-order valence-electron chi connectivity index (χ3n) is 5.66. The molecule has 148 valence electrons. The molecule has 0 spiro atoms. The van der Waals surface area contributed by atoms with Crippen LogP contribution in [-0.2, 0) is 9.59 Å². The molecule has 1 aliphatic rings. The van der Waals surface area contributed by atoms with Crippen LogP contribution in [0.5, 0.6) is 0 Å². The van der Waals surface area contributed by atoms with E-state index in [4.69, 9.17) is 0 Å². The Morgan fingerprint density at radius 2 is 1.81 bits per heavy atom. The molecule has 1 aromatic rings. The molecule has 1 saturated carbocycles. The van der Waals surface area contributed by atoms with Crippen LogP contribution in [0.1, 0.15) is 61.4 Å². The van der Waals surface area contributed by atoms with Crippen molar-refractivity contribution in [3.05, 3.63) is 29.3 Å². The number of benzene rings is 1. The number of carboxylic acids is 1. The number of carbonyl (C=O) groups is 3. The Hall–Kier alpha value is -2.37. The second-order valence-corrected chi connectivity index (χ2v) is 8.01. The number of carbonyl (C=O) groups excluding carboxylic acids is 2. The Bertz CT molecular complexity index is 723. The fourth-order valence-corrected chi connectivity index (χ4v) is 3.96. The number of nitrogens with one attached hydrogen (secondary N) is 1. The monoisotopic (exact) mass is 374 g/mol. The van der Waals surface area contributed by atoms with Gasteiger partial charge in [-0.05, 0) is 56.4 Å². The molecule has 1 fully saturated rings. The summed E-state index contributed by atoms with van der Waals surface area (Å²) in [6.45, 7) is 3.59. The standard InChI is InChI=1S/C21H30N2O4/c1-14-12-16(10-11-17(14)19(26)23(3)4)22-20(27)21(2,13-18(24)25)15-8-6-5-7-9-15/h10-12,15H,5-9,13H2,1-4H3,(H,22,27)(H,24,25). The van der Waals surface area contributed by atoms with Gasteiger partial charge in [-0.2, -0.15) is 0 Å². The molecule has 2 rings (SSSR count). The summed E-state index contributed by atoms with van der Waals surface area (Å²) in [7, 11) is 3.39. The predicted molar refractivity (Wildman–Crippen MR) is 105 cm³/mol. The number of aliphatic carboxylic acids is 1. The molecule has 1 atom stereocenters. The molecule has 1 unspecified atom stereocenters. The van der Waals surface area contributed by atoms with Crippen molar-refractivity contribution in [2.75, 3.05) is 19.4 Å². The average Bonchev–Trinajstić information content (AvgIpc) is 2.61. The zero-order valence-corrected chi connectivity index (χ0v) is 16.7. The zero-order chi connectivity index (χ0) is 20.2. The summed E-state index contributed by atoms with van der Waals surface area (Å²) in [5.41, 5.74) is 0.987. The maximum Gasteiger partial charge on any atom is 0.304 e. The molecule has 6 heteroatoms. The van der Waals surface area contributed by atoms with Crippen molar-refractivity contribution >= 4 is 23.5 Å². The molecule has 1 aromatic carbocycles. The summed E-state index contributed by atoms with van der Waals surface area (Å²) in [6.07, 6.45) is 4.79. The Kier molecular flexibility index (Phi) is 6.63. The van der Waals surface area contributed by atoms with Crippen molar-refractivity contribution in [2.24, 2.45) is 11.3 Å². The van der Waals surface area contributed by atoms with E-state index in [1.165, 1.54) is 4.90 Å². The number of nitrogens with zero attached hydrogens (tertiary/aromatic N) is 1. The van der Waals surface area contributed by atoms with Gasteiger partial charge in [-0.15, -0.1) is 0 Å². The van der Waals surface area contributed by atoms with Gasteiger partial charge in [0.25, 0.3) is 5.91 Å². The minimum Gasteiger partial charge on any atom is -0.481 e. The Morgan fingerprint density at radius 1 is 1.19 bits per heavy atom. The summed E-state index contributed by atoms with van der Waals surface area (Å²) < 4.78 is 0. The smallest absolute Gasteiger partial charge is 0.304 e. The first-order valence-electron chi connectivity index (χ1n) is 9.50. The van der Waals surface area contributed by atoms with Crippen LogP contribution in [0.3, 0.4) is 0 Å². The first-order valence-corrected chi connectivity index (χ1v) is 9.50. The van der Waals surface area contributed by atoms with E-state index in [2.05, 4.69) is 5.32 Å². The van der Waals surface area contributed by atoms with Crippen LogP contribution >= 0.6 is 0 Å². The van der Waals surface area contributed by atoms with E-state index in [0.29, 0.717) is 11.3 Å². The third-order valence-corrected chi connectivity index (χ3v) is 5.66. The van der Waals surface area contributed by atoms with Crippen molar-refractivity contribution in [1.29, 1.82) is 0 Å². The minimum absolute atomic E-state index is 0.0676. The summed E-state index contributed by atoms with van der Waals surface area (Å²) in [5, 5.41) is 12.3. The van der Waals surface area contributed by atoms with Crippen LogP contribution in [-0.4, -0.2) is 41.9 Å². The largest absolute Gasteiger partial charge is 0.481 e. The van der Waals surface area contributed by atoms with Crippen LogP contribution in [0, 0.1) is 18.3 Å². The SMILES string of the molecule is Cc1cc(NC(=O)C(C)(CC(=O)O)C2CCCCC2)ccc1C(=O)N(C)C. The molecule has 6 nitrogen and oxygen atoms in total. The molecular formula is C21H30N2O4. The number of hydrogen-bond acceptors (Lipinski definition) is 3. The first kappa shape index (κ1) is 20.9. The quantitative estimate of drug-likeness (QED) is 0.795. The van der Waals surface area contributed by atoms with E-state index < -0.39 is 11.4 Å². The summed E-state index contributed by atoms with van der Waals surface area (Å²) >= 11 is 0. The lowest BCUT2D eigenvalue weighted by atomic mass is 9.67. The number of rotatable bonds is 6. The van der Waals surface area contributed by atoms with Gasteiger partial charge in [0.1, 0.15) is 0 Å². The van der Waals surface area contributed by atoms with Gasteiger partial charge < -0.3 is 15.3 Å². The van der Waals surface area contributed by atoms with Gasteiger partial charge in [0.15, 0.2) is 0 Å². The van der Waals surface area contributed by atoms with E-state index >= 15 is 0 Å². The molecule has 0 bridgehead atoms. The van der Waals surface area contributed by atoms with E-state index in [0.717, 1.165) is 37.7 Å². The maximum absolute atomic E-state index is 13.1.